The maximum atomic E-state index is 15.5. The summed E-state index contributed by atoms with van der Waals surface area (Å²) < 4.78 is 38.7. The van der Waals surface area contributed by atoms with E-state index in [0.29, 0.717) is 10.9 Å². The van der Waals surface area contributed by atoms with Crippen LogP contribution in [0.25, 0.3) is 0 Å². The van der Waals surface area contributed by atoms with Crippen molar-refractivity contribution in [3.63, 3.8) is 0 Å². The van der Waals surface area contributed by atoms with Crippen LogP contribution >= 0.6 is 0 Å². The van der Waals surface area contributed by atoms with E-state index in [0.717, 1.165) is 28.2 Å². The summed E-state index contributed by atoms with van der Waals surface area (Å²) >= 11 is -0.155. The molecular formula is C24H19F2N3O4Se. The van der Waals surface area contributed by atoms with Crippen LogP contribution in [0.2, 0.25) is 0 Å². The molecule has 1 fully saturated rings. The number of amides is 1. The first-order valence-electron chi connectivity index (χ1n) is 10.8. The molecule has 1 saturated heterocycles. The fraction of sp³-hybridized carbons (Fsp3) is 0.250. The van der Waals surface area contributed by atoms with E-state index in [4.69, 9.17) is 4.74 Å². The zero-order chi connectivity index (χ0) is 23.6. The quantitative estimate of drug-likeness (QED) is 0.479. The van der Waals surface area contributed by atoms with Crippen LogP contribution < -0.4 is 14.9 Å². The van der Waals surface area contributed by atoms with Gasteiger partial charge in [-0.25, -0.2) is 0 Å². The fourth-order valence-electron chi connectivity index (χ4n) is 5.00. The number of carbonyl (C=O) groups is 1. The fourth-order valence-corrected chi connectivity index (χ4v) is 7.34. The van der Waals surface area contributed by atoms with Crippen LogP contribution in [-0.2, 0) is 10.1 Å². The average Bonchev–Trinajstić information content (AvgIpc) is 3.02. The molecule has 10 heteroatoms. The molecule has 34 heavy (non-hydrogen) atoms. The van der Waals surface area contributed by atoms with Crippen LogP contribution in [0, 0.1) is 11.6 Å². The first kappa shape index (κ1) is 21.3. The number of hydrogen-bond acceptors (Lipinski definition) is 5. The van der Waals surface area contributed by atoms with Gasteiger partial charge in [0.1, 0.15) is 0 Å². The minimum absolute atomic E-state index is 0.133. The molecule has 0 saturated carbocycles. The van der Waals surface area contributed by atoms with Crippen molar-refractivity contribution in [3.8, 4) is 5.75 Å². The third kappa shape index (κ3) is 3.02. The summed E-state index contributed by atoms with van der Waals surface area (Å²) in [5.74, 6) is -2.22. The number of fused-ring (bicyclic) bond motifs is 4. The van der Waals surface area contributed by atoms with Gasteiger partial charge in [-0.05, 0) is 0 Å². The number of ether oxygens (including phenoxy) is 1. The van der Waals surface area contributed by atoms with Crippen LogP contribution in [0.4, 0.5) is 8.78 Å². The number of morpholine rings is 1. The number of aromatic nitrogens is 1. The molecule has 3 aromatic rings. The van der Waals surface area contributed by atoms with Gasteiger partial charge in [0.05, 0.1) is 0 Å². The molecule has 3 aliphatic heterocycles. The average molecular weight is 530 g/mol. The summed E-state index contributed by atoms with van der Waals surface area (Å²) in [4.78, 5) is 27.1. The van der Waals surface area contributed by atoms with E-state index < -0.39 is 40.9 Å². The van der Waals surface area contributed by atoms with Crippen molar-refractivity contribution < 1.29 is 23.4 Å². The van der Waals surface area contributed by atoms with Crippen LogP contribution in [0.15, 0.2) is 53.5 Å². The molecule has 3 aliphatic rings. The molecule has 1 amide bonds. The second-order valence-electron chi connectivity index (χ2n) is 8.31. The summed E-state index contributed by atoms with van der Waals surface area (Å²) in [6, 6.07) is 10.2. The van der Waals surface area contributed by atoms with Crippen LogP contribution in [-0.4, -0.2) is 61.5 Å². The molecule has 174 valence electrons. The maximum absolute atomic E-state index is 15.5. The molecule has 1 N–H and O–H groups in total. The van der Waals surface area contributed by atoms with Crippen molar-refractivity contribution in [2.24, 2.45) is 0 Å². The Morgan fingerprint density at radius 3 is 2.71 bits per heavy atom. The van der Waals surface area contributed by atoms with Crippen molar-refractivity contribution in [2.75, 3.05) is 24.8 Å². The Balaban J connectivity index is 1.69. The summed E-state index contributed by atoms with van der Waals surface area (Å²) in [6.45, 7) is 0.658. The van der Waals surface area contributed by atoms with Crippen molar-refractivity contribution >= 4 is 25.3 Å². The summed E-state index contributed by atoms with van der Waals surface area (Å²) in [6.07, 6.45) is 0.742. The van der Waals surface area contributed by atoms with Gasteiger partial charge < -0.3 is 0 Å². The van der Waals surface area contributed by atoms with E-state index in [1.54, 1.807) is 5.01 Å². The Kier molecular flexibility index (Phi) is 4.98. The van der Waals surface area contributed by atoms with Gasteiger partial charge in [0.2, 0.25) is 0 Å². The van der Waals surface area contributed by atoms with Crippen LogP contribution in [0.3, 0.4) is 0 Å². The monoisotopic (exact) mass is 531 g/mol. The molecule has 4 heterocycles. The molecule has 0 aliphatic carbocycles. The topological polar surface area (TPSA) is 75.0 Å². The van der Waals surface area contributed by atoms with Gasteiger partial charge in [0.15, 0.2) is 0 Å². The number of aromatic hydroxyl groups is 1. The molecular weight excluding hydrogens is 511 g/mol. The van der Waals surface area contributed by atoms with Crippen molar-refractivity contribution in [2.45, 2.75) is 17.5 Å². The molecule has 2 aromatic carbocycles. The van der Waals surface area contributed by atoms with Crippen molar-refractivity contribution in [1.29, 1.82) is 0 Å². The van der Waals surface area contributed by atoms with E-state index in [-0.39, 0.29) is 46.0 Å². The van der Waals surface area contributed by atoms with E-state index >= 15 is 8.78 Å². The molecule has 2 unspecified atom stereocenters. The Hall–Kier alpha value is -3.20. The van der Waals surface area contributed by atoms with E-state index in [9.17, 15) is 14.7 Å². The number of nitrogens with zero attached hydrogens (tertiary/aromatic N) is 3. The molecule has 6 rings (SSSR count). The second-order valence-corrected chi connectivity index (χ2v) is 10.4. The van der Waals surface area contributed by atoms with Crippen molar-refractivity contribution in [1.82, 2.24) is 9.58 Å². The number of hydrogen-bond donors (Lipinski definition) is 1. The van der Waals surface area contributed by atoms with Gasteiger partial charge in [0, 0.05) is 0 Å². The summed E-state index contributed by atoms with van der Waals surface area (Å²) in [5, 5.41) is 12.7. The van der Waals surface area contributed by atoms with Gasteiger partial charge >= 0.3 is 199 Å². The first-order chi connectivity index (χ1) is 16.5. The summed E-state index contributed by atoms with van der Waals surface area (Å²) in [7, 11) is 0. The Bertz CT molecular complexity index is 1400. The van der Waals surface area contributed by atoms with E-state index in [2.05, 4.69) is 0 Å². The standard InChI is InChI=1S/C24H19F2N3O4Se/c25-15-5-6-16(26)20-14(15)12-34-18-4-2-1-3-13(18)21(20)29-19-11-33-10-9-27(19)24(32)22-23(31)17(30)7-8-28(22)29/h1-8,19,21,31H,9-12H2. The molecule has 0 radical (unpaired) electrons. The van der Waals surface area contributed by atoms with E-state index in [1.807, 2.05) is 24.3 Å². The molecule has 2 atom stereocenters. The molecule has 7 nitrogen and oxygen atoms in total. The predicted molar refractivity (Wildman–Crippen MR) is 120 cm³/mol. The SMILES string of the molecule is O=C1c2c(O)c(=O)ccn2N(C2c3ccccc3[Se]Cc3c(F)ccc(F)c32)C2COCCN12. The third-order valence-corrected chi connectivity index (χ3v) is 8.89. The Labute approximate surface area is 199 Å². The summed E-state index contributed by atoms with van der Waals surface area (Å²) in [5.41, 5.74) is 0.392. The molecule has 0 spiro atoms. The first-order valence-corrected chi connectivity index (χ1v) is 12.8. The number of carbonyl (C=O) groups excluding carboxylic acids is 1. The Morgan fingerprint density at radius 2 is 1.85 bits per heavy atom. The zero-order valence-corrected chi connectivity index (χ0v) is 19.5. The van der Waals surface area contributed by atoms with Crippen LogP contribution in [0.5, 0.6) is 5.75 Å². The zero-order valence-electron chi connectivity index (χ0n) is 17.8. The number of benzene rings is 2. The van der Waals surface area contributed by atoms with Crippen LogP contribution in [0.1, 0.15) is 33.2 Å². The van der Waals surface area contributed by atoms with Crippen molar-refractivity contribution in [3.05, 3.63) is 92.9 Å². The van der Waals surface area contributed by atoms with Gasteiger partial charge in [-0.15, -0.1) is 0 Å². The number of rotatable bonds is 1. The third-order valence-electron chi connectivity index (χ3n) is 6.55. The second kappa shape index (κ2) is 7.94. The van der Waals surface area contributed by atoms with E-state index in [1.165, 1.54) is 15.8 Å². The number of halogens is 2. The van der Waals surface area contributed by atoms with Gasteiger partial charge in [-0.1, -0.05) is 0 Å². The van der Waals surface area contributed by atoms with Gasteiger partial charge in [-0.2, -0.15) is 0 Å². The predicted octanol–water partition coefficient (Wildman–Crippen LogP) is 1.21. The molecule has 1 aromatic heterocycles. The van der Waals surface area contributed by atoms with Gasteiger partial charge in [0.25, 0.3) is 0 Å². The number of pyridine rings is 1. The normalized spacial score (nSPS) is 21.3. The molecule has 0 bridgehead atoms. The minimum atomic E-state index is -0.825. The van der Waals surface area contributed by atoms with Gasteiger partial charge in [-0.3, -0.25) is 0 Å². The Morgan fingerprint density at radius 1 is 1.06 bits per heavy atom.